The highest BCUT2D eigenvalue weighted by Crippen LogP contribution is 2.39. The molecule has 6 heteroatoms. The van der Waals surface area contributed by atoms with Gasteiger partial charge in [-0.1, -0.05) is 68.4 Å². The van der Waals surface area contributed by atoms with E-state index in [0.29, 0.717) is 11.2 Å². The molecule has 1 fully saturated rings. The standard InChI is InChI=1S/C26H27ClN4S/c1-18(2)20-8-10-21(11-9-20)22-17-32-25-23(22)24(28-26(27)29-25)31-14-12-30(13-15-31)16-19-6-4-3-5-7-19/h3-11,17-18H,12-16H2,1-2H3. The number of hydrogen-bond acceptors (Lipinski definition) is 5. The Morgan fingerprint density at radius 2 is 1.66 bits per heavy atom. The summed E-state index contributed by atoms with van der Waals surface area (Å²) < 4.78 is 0. The maximum absolute atomic E-state index is 6.34. The molecule has 0 spiro atoms. The van der Waals surface area contributed by atoms with E-state index in [-0.39, 0.29) is 0 Å². The third-order valence-corrected chi connectivity index (χ3v) is 7.24. The van der Waals surface area contributed by atoms with Crippen molar-refractivity contribution >= 4 is 39.0 Å². The first kappa shape index (κ1) is 21.4. The minimum Gasteiger partial charge on any atom is -0.353 e. The van der Waals surface area contributed by atoms with E-state index in [9.17, 15) is 0 Å². The van der Waals surface area contributed by atoms with Crippen LogP contribution in [0.15, 0.2) is 60.0 Å². The normalized spacial score (nSPS) is 15.1. The fraction of sp³-hybridized carbons (Fsp3) is 0.308. The molecular weight excluding hydrogens is 436 g/mol. The van der Waals surface area contributed by atoms with Crippen molar-refractivity contribution < 1.29 is 0 Å². The van der Waals surface area contributed by atoms with Crippen LogP contribution >= 0.6 is 22.9 Å². The van der Waals surface area contributed by atoms with Gasteiger partial charge >= 0.3 is 0 Å². The van der Waals surface area contributed by atoms with Crippen LogP contribution in [0.3, 0.4) is 0 Å². The van der Waals surface area contributed by atoms with Crippen LogP contribution in [-0.4, -0.2) is 41.0 Å². The lowest BCUT2D eigenvalue weighted by atomic mass is 9.99. The van der Waals surface area contributed by atoms with Crippen molar-refractivity contribution in [1.29, 1.82) is 0 Å². The van der Waals surface area contributed by atoms with E-state index in [4.69, 9.17) is 16.6 Å². The molecule has 1 aliphatic heterocycles. The minimum atomic E-state index is 0.322. The first-order valence-corrected chi connectivity index (χ1v) is 12.4. The minimum absolute atomic E-state index is 0.322. The van der Waals surface area contributed by atoms with E-state index < -0.39 is 0 Å². The topological polar surface area (TPSA) is 32.3 Å². The maximum atomic E-state index is 6.34. The Labute approximate surface area is 198 Å². The number of hydrogen-bond donors (Lipinski definition) is 0. The summed E-state index contributed by atoms with van der Waals surface area (Å²) in [6, 6.07) is 19.6. The largest absolute Gasteiger partial charge is 0.353 e. The highest BCUT2D eigenvalue weighted by molar-refractivity contribution is 7.17. The van der Waals surface area contributed by atoms with Crippen LogP contribution in [0.5, 0.6) is 0 Å². The Hall–Kier alpha value is -2.47. The Morgan fingerprint density at radius 1 is 0.938 bits per heavy atom. The van der Waals surface area contributed by atoms with Gasteiger partial charge in [-0.2, -0.15) is 4.98 Å². The van der Waals surface area contributed by atoms with Gasteiger partial charge in [0.1, 0.15) is 10.6 Å². The fourth-order valence-electron chi connectivity index (χ4n) is 4.35. The van der Waals surface area contributed by atoms with Gasteiger partial charge in [-0.25, -0.2) is 4.98 Å². The number of fused-ring (bicyclic) bond motifs is 1. The average Bonchev–Trinajstić information content (AvgIpc) is 3.23. The number of benzene rings is 2. The van der Waals surface area contributed by atoms with Crippen molar-refractivity contribution in [1.82, 2.24) is 14.9 Å². The molecule has 0 bridgehead atoms. The van der Waals surface area contributed by atoms with Crippen molar-refractivity contribution in [2.75, 3.05) is 31.1 Å². The van der Waals surface area contributed by atoms with Crippen LogP contribution in [0.4, 0.5) is 5.82 Å². The van der Waals surface area contributed by atoms with E-state index >= 15 is 0 Å². The summed E-state index contributed by atoms with van der Waals surface area (Å²) in [7, 11) is 0. The molecule has 4 aromatic rings. The highest BCUT2D eigenvalue weighted by atomic mass is 35.5. The lowest BCUT2D eigenvalue weighted by Gasteiger charge is -2.35. The lowest BCUT2D eigenvalue weighted by molar-refractivity contribution is 0.249. The van der Waals surface area contributed by atoms with Gasteiger partial charge in [-0.15, -0.1) is 11.3 Å². The van der Waals surface area contributed by atoms with Crippen molar-refractivity contribution in [2.24, 2.45) is 0 Å². The zero-order valence-electron chi connectivity index (χ0n) is 18.5. The van der Waals surface area contributed by atoms with Gasteiger partial charge in [-0.05, 0) is 34.2 Å². The molecule has 32 heavy (non-hydrogen) atoms. The zero-order chi connectivity index (χ0) is 22.1. The summed E-state index contributed by atoms with van der Waals surface area (Å²) in [4.78, 5) is 15.1. The molecule has 0 atom stereocenters. The molecule has 5 rings (SSSR count). The summed E-state index contributed by atoms with van der Waals surface area (Å²) in [5, 5.41) is 3.63. The van der Waals surface area contributed by atoms with E-state index in [0.717, 1.165) is 48.8 Å². The molecule has 0 aliphatic carbocycles. The van der Waals surface area contributed by atoms with Gasteiger partial charge in [0.05, 0.1) is 5.39 Å². The third kappa shape index (κ3) is 4.38. The summed E-state index contributed by atoms with van der Waals surface area (Å²) in [5.41, 5.74) is 5.11. The van der Waals surface area contributed by atoms with Gasteiger partial charge in [-0.3, -0.25) is 4.90 Å². The van der Waals surface area contributed by atoms with Crippen molar-refractivity contribution in [2.45, 2.75) is 26.3 Å². The lowest BCUT2D eigenvalue weighted by Crippen LogP contribution is -2.46. The molecular formula is C26H27ClN4S. The number of thiophene rings is 1. The van der Waals surface area contributed by atoms with Crippen LogP contribution in [0, 0.1) is 0 Å². The summed E-state index contributed by atoms with van der Waals surface area (Å²) in [5.74, 6) is 1.48. The van der Waals surface area contributed by atoms with E-state index in [1.165, 1.54) is 22.3 Å². The molecule has 3 heterocycles. The number of halogens is 1. The van der Waals surface area contributed by atoms with E-state index in [1.54, 1.807) is 11.3 Å². The maximum Gasteiger partial charge on any atom is 0.225 e. The van der Waals surface area contributed by atoms with Gasteiger partial charge in [0.2, 0.25) is 5.28 Å². The first-order valence-electron chi connectivity index (χ1n) is 11.1. The average molecular weight is 463 g/mol. The van der Waals surface area contributed by atoms with Crippen molar-refractivity contribution in [3.8, 4) is 11.1 Å². The quantitative estimate of drug-likeness (QED) is 0.319. The molecule has 2 aromatic heterocycles. The molecule has 0 radical (unpaired) electrons. The Bertz CT molecular complexity index is 1200. The number of nitrogens with zero attached hydrogens (tertiary/aromatic N) is 4. The molecule has 1 saturated heterocycles. The fourth-order valence-corrected chi connectivity index (χ4v) is 5.50. The van der Waals surface area contributed by atoms with Gasteiger partial charge in [0.15, 0.2) is 0 Å². The second kappa shape index (κ2) is 9.18. The Morgan fingerprint density at radius 3 is 2.34 bits per heavy atom. The van der Waals surface area contributed by atoms with Crippen LogP contribution in [0.1, 0.15) is 30.9 Å². The first-order chi connectivity index (χ1) is 15.6. The van der Waals surface area contributed by atoms with Crippen LogP contribution < -0.4 is 4.90 Å². The number of aromatic nitrogens is 2. The molecule has 0 amide bonds. The molecule has 0 unspecified atom stereocenters. The van der Waals surface area contributed by atoms with Crippen LogP contribution in [0.25, 0.3) is 21.3 Å². The van der Waals surface area contributed by atoms with Crippen LogP contribution in [0.2, 0.25) is 5.28 Å². The zero-order valence-corrected chi connectivity index (χ0v) is 20.0. The number of anilines is 1. The van der Waals surface area contributed by atoms with Crippen molar-refractivity contribution in [3.05, 3.63) is 76.4 Å². The van der Waals surface area contributed by atoms with Crippen LogP contribution in [-0.2, 0) is 6.54 Å². The SMILES string of the molecule is CC(C)c1ccc(-c2csc3nc(Cl)nc(N4CCN(Cc5ccccc5)CC4)c23)cc1. The predicted octanol–water partition coefficient (Wildman–Crippen LogP) is 6.46. The van der Waals surface area contributed by atoms with E-state index in [1.807, 2.05) is 0 Å². The summed E-state index contributed by atoms with van der Waals surface area (Å²) in [6.45, 7) is 9.29. The monoisotopic (exact) mass is 462 g/mol. The predicted molar refractivity (Wildman–Crippen MR) is 136 cm³/mol. The Kier molecular flexibility index (Phi) is 6.13. The van der Waals surface area contributed by atoms with E-state index in [2.05, 4.69) is 88.6 Å². The third-order valence-electron chi connectivity index (χ3n) is 6.20. The van der Waals surface area contributed by atoms with Gasteiger partial charge in [0.25, 0.3) is 0 Å². The molecule has 0 N–H and O–H groups in total. The van der Waals surface area contributed by atoms with Crippen molar-refractivity contribution in [3.63, 3.8) is 0 Å². The molecule has 2 aromatic carbocycles. The number of rotatable bonds is 5. The summed E-state index contributed by atoms with van der Waals surface area (Å²) >= 11 is 7.98. The second-order valence-corrected chi connectivity index (χ2v) is 9.87. The molecule has 0 saturated carbocycles. The highest BCUT2D eigenvalue weighted by Gasteiger charge is 2.23. The van der Waals surface area contributed by atoms with Gasteiger partial charge in [0, 0.05) is 43.7 Å². The molecule has 4 nitrogen and oxygen atoms in total. The molecule has 1 aliphatic rings. The van der Waals surface area contributed by atoms with Gasteiger partial charge < -0.3 is 4.90 Å². The second-order valence-electron chi connectivity index (χ2n) is 8.67. The smallest absolute Gasteiger partial charge is 0.225 e. The number of piperazine rings is 1. The Balaban J connectivity index is 1.42. The summed E-state index contributed by atoms with van der Waals surface area (Å²) in [6.07, 6.45) is 0. The molecule has 164 valence electrons.